The summed E-state index contributed by atoms with van der Waals surface area (Å²) in [6, 6.07) is 14.4. The van der Waals surface area contributed by atoms with E-state index >= 15 is 0 Å². The number of nitrogens with zero attached hydrogens (tertiary/aromatic N) is 2. The predicted molar refractivity (Wildman–Crippen MR) is 150 cm³/mol. The first-order chi connectivity index (χ1) is 18.5. The molecule has 2 aromatic rings. The Morgan fingerprint density at radius 1 is 0.763 bits per heavy atom. The molecule has 0 spiro atoms. The molecule has 1 N–H and O–H groups in total. The molecule has 5 nitrogen and oxygen atoms in total. The zero-order valence-electron chi connectivity index (χ0n) is 22.5. The van der Waals surface area contributed by atoms with Gasteiger partial charge in [-0.1, -0.05) is 0 Å². The van der Waals surface area contributed by atoms with E-state index in [9.17, 15) is 14.0 Å². The van der Waals surface area contributed by atoms with Crippen molar-refractivity contribution >= 4 is 17.4 Å². The quantitative estimate of drug-likeness (QED) is 0.429. The standard InChI is InChI=1S/C32H42FN3O2/c33-28-10-6-25(7-11-28)31(37)26-17-22-35(23-18-26)21-16-24-4-12-29(13-5-24)34-32(38)27-8-14-30(15-9-27)36-19-2-1-3-20-36/h6-11,14-15,24,26,29H,1-5,12-13,16-23H2,(H,34,38). The van der Waals surface area contributed by atoms with Crippen molar-refractivity contribution in [2.24, 2.45) is 11.8 Å². The second-order valence-corrected chi connectivity index (χ2v) is 11.6. The zero-order valence-corrected chi connectivity index (χ0v) is 22.5. The van der Waals surface area contributed by atoms with Gasteiger partial charge < -0.3 is 15.1 Å². The summed E-state index contributed by atoms with van der Waals surface area (Å²) in [6.07, 6.45) is 11.2. The number of rotatable bonds is 8. The Hall–Kier alpha value is -2.73. The van der Waals surface area contributed by atoms with Gasteiger partial charge in [-0.3, -0.25) is 9.59 Å². The number of likely N-dealkylation sites (tertiary alicyclic amines) is 1. The lowest BCUT2D eigenvalue weighted by Crippen LogP contribution is -2.39. The number of amides is 1. The normalized spacial score (nSPS) is 23.2. The van der Waals surface area contributed by atoms with Crippen molar-refractivity contribution in [1.82, 2.24) is 10.2 Å². The lowest BCUT2D eigenvalue weighted by molar-refractivity contribution is 0.0832. The second-order valence-electron chi connectivity index (χ2n) is 11.6. The largest absolute Gasteiger partial charge is 0.372 e. The molecule has 2 heterocycles. The number of halogens is 1. The summed E-state index contributed by atoms with van der Waals surface area (Å²) in [5, 5.41) is 3.28. The molecule has 1 aliphatic carbocycles. The minimum Gasteiger partial charge on any atom is -0.372 e. The maximum absolute atomic E-state index is 13.2. The van der Waals surface area contributed by atoms with E-state index in [2.05, 4.69) is 27.2 Å². The smallest absolute Gasteiger partial charge is 0.251 e. The molecular weight excluding hydrogens is 477 g/mol. The van der Waals surface area contributed by atoms with Gasteiger partial charge in [0.05, 0.1) is 0 Å². The Morgan fingerprint density at radius 2 is 1.39 bits per heavy atom. The number of nitrogens with one attached hydrogen (secondary N) is 1. The third-order valence-corrected chi connectivity index (χ3v) is 8.97. The highest BCUT2D eigenvalue weighted by atomic mass is 19.1. The molecule has 204 valence electrons. The van der Waals surface area contributed by atoms with Crippen molar-refractivity contribution in [3.8, 4) is 0 Å². The Labute approximate surface area is 226 Å². The third kappa shape index (κ3) is 7.02. The monoisotopic (exact) mass is 519 g/mol. The van der Waals surface area contributed by atoms with Gasteiger partial charge in [0.2, 0.25) is 0 Å². The van der Waals surface area contributed by atoms with E-state index in [0.717, 1.165) is 64.0 Å². The Bertz CT molecular complexity index is 1050. The maximum Gasteiger partial charge on any atom is 0.251 e. The molecule has 38 heavy (non-hydrogen) atoms. The average Bonchev–Trinajstić information content (AvgIpc) is 2.97. The van der Waals surface area contributed by atoms with E-state index in [1.807, 2.05) is 12.1 Å². The van der Waals surface area contributed by atoms with Crippen molar-refractivity contribution in [2.45, 2.75) is 70.3 Å². The van der Waals surface area contributed by atoms with Crippen LogP contribution in [-0.2, 0) is 0 Å². The van der Waals surface area contributed by atoms with Gasteiger partial charge in [0, 0.05) is 41.9 Å². The fraction of sp³-hybridized carbons (Fsp3) is 0.562. The van der Waals surface area contributed by atoms with Crippen LogP contribution in [0.2, 0.25) is 0 Å². The van der Waals surface area contributed by atoms with Crippen molar-refractivity contribution < 1.29 is 14.0 Å². The molecule has 0 bridgehead atoms. The van der Waals surface area contributed by atoms with Crippen LogP contribution in [0.15, 0.2) is 48.5 Å². The van der Waals surface area contributed by atoms with Crippen molar-refractivity contribution in [3.05, 3.63) is 65.5 Å². The molecule has 0 aromatic heterocycles. The number of benzene rings is 2. The molecule has 3 aliphatic rings. The molecule has 1 saturated carbocycles. The van der Waals surface area contributed by atoms with Crippen LogP contribution in [0.25, 0.3) is 0 Å². The number of carbonyl (C=O) groups excluding carboxylic acids is 2. The van der Waals surface area contributed by atoms with Crippen molar-refractivity contribution in [2.75, 3.05) is 37.6 Å². The Balaban J connectivity index is 0.986. The Kier molecular flexibility index (Phi) is 9.10. The van der Waals surface area contributed by atoms with Gasteiger partial charge in [-0.15, -0.1) is 0 Å². The summed E-state index contributed by atoms with van der Waals surface area (Å²) in [6.45, 7) is 5.23. The van der Waals surface area contributed by atoms with Crippen LogP contribution in [0.1, 0.15) is 84.9 Å². The van der Waals surface area contributed by atoms with Crippen LogP contribution in [0, 0.1) is 17.7 Å². The summed E-state index contributed by atoms with van der Waals surface area (Å²) in [7, 11) is 0. The van der Waals surface area contributed by atoms with Crippen molar-refractivity contribution in [1.29, 1.82) is 0 Å². The molecule has 5 rings (SSSR count). The van der Waals surface area contributed by atoms with Gasteiger partial charge >= 0.3 is 0 Å². The molecule has 2 saturated heterocycles. The predicted octanol–water partition coefficient (Wildman–Crippen LogP) is 6.09. The molecule has 1 amide bonds. The summed E-state index contributed by atoms with van der Waals surface area (Å²) in [5.74, 6) is 0.674. The zero-order chi connectivity index (χ0) is 26.3. The van der Waals surface area contributed by atoms with Gasteiger partial charge in [0.1, 0.15) is 5.82 Å². The molecule has 2 aliphatic heterocycles. The van der Waals surface area contributed by atoms with Crippen LogP contribution in [0.4, 0.5) is 10.1 Å². The van der Waals surface area contributed by atoms with Crippen LogP contribution in [-0.4, -0.2) is 55.4 Å². The lowest BCUT2D eigenvalue weighted by atomic mass is 9.83. The molecule has 2 aromatic carbocycles. The Morgan fingerprint density at radius 3 is 2.05 bits per heavy atom. The van der Waals surface area contributed by atoms with Gasteiger partial charge in [0.15, 0.2) is 5.78 Å². The fourth-order valence-corrected chi connectivity index (χ4v) is 6.47. The van der Waals surface area contributed by atoms with Crippen LogP contribution in [0.5, 0.6) is 0 Å². The van der Waals surface area contributed by atoms with E-state index in [1.165, 1.54) is 56.3 Å². The number of hydrogen-bond acceptors (Lipinski definition) is 4. The lowest BCUT2D eigenvalue weighted by Gasteiger charge is -2.34. The van der Waals surface area contributed by atoms with E-state index in [1.54, 1.807) is 12.1 Å². The molecule has 6 heteroatoms. The highest BCUT2D eigenvalue weighted by Crippen LogP contribution is 2.29. The first kappa shape index (κ1) is 26.9. The number of hydrogen-bond donors (Lipinski definition) is 1. The van der Waals surface area contributed by atoms with Gasteiger partial charge in [0.25, 0.3) is 5.91 Å². The van der Waals surface area contributed by atoms with E-state index < -0.39 is 0 Å². The van der Waals surface area contributed by atoms with Gasteiger partial charge in [-0.2, -0.15) is 0 Å². The SMILES string of the molecule is O=C(NC1CCC(CCN2CCC(C(=O)c3ccc(F)cc3)CC2)CC1)c1ccc(N2CCCCC2)cc1. The second kappa shape index (κ2) is 12.9. The summed E-state index contributed by atoms with van der Waals surface area (Å²) < 4.78 is 13.2. The molecule has 0 unspecified atom stereocenters. The number of ketones is 1. The van der Waals surface area contributed by atoms with E-state index in [-0.39, 0.29) is 29.5 Å². The number of Topliss-reactive ketones (excluding diaryl/α,β-unsaturated/α-hetero) is 1. The number of anilines is 1. The first-order valence-corrected chi connectivity index (χ1v) is 14.7. The van der Waals surface area contributed by atoms with E-state index in [4.69, 9.17) is 0 Å². The highest BCUT2D eigenvalue weighted by Gasteiger charge is 2.27. The summed E-state index contributed by atoms with van der Waals surface area (Å²) in [5.41, 5.74) is 2.61. The third-order valence-electron chi connectivity index (χ3n) is 8.97. The summed E-state index contributed by atoms with van der Waals surface area (Å²) >= 11 is 0. The maximum atomic E-state index is 13.2. The minimum absolute atomic E-state index is 0.0525. The first-order valence-electron chi connectivity index (χ1n) is 14.7. The van der Waals surface area contributed by atoms with Gasteiger partial charge in [-0.05, 0) is 138 Å². The topological polar surface area (TPSA) is 52.7 Å². The van der Waals surface area contributed by atoms with Crippen molar-refractivity contribution in [3.63, 3.8) is 0 Å². The van der Waals surface area contributed by atoms with E-state index in [0.29, 0.717) is 11.5 Å². The molecule has 0 atom stereocenters. The van der Waals surface area contributed by atoms with Gasteiger partial charge in [-0.25, -0.2) is 4.39 Å². The molecule has 0 radical (unpaired) electrons. The fourth-order valence-electron chi connectivity index (χ4n) is 6.47. The van der Waals surface area contributed by atoms with Crippen LogP contribution >= 0.6 is 0 Å². The average molecular weight is 520 g/mol. The van der Waals surface area contributed by atoms with Crippen LogP contribution in [0.3, 0.4) is 0 Å². The van der Waals surface area contributed by atoms with Crippen LogP contribution < -0.4 is 10.2 Å². The molecule has 3 fully saturated rings. The highest BCUT2D eigenvalue weighted by molar-refractivity contribution is 5.97. The molecular formula is C32H42FN3O2. The minimum atomic E-state index is -0.300. The summed E-state index contributed by atoms with van der Waals surface area (Å²) in [4.78, 5) is 30.5. The number of piperidine rings is 2. The number of carbonyl (C=O) groups is 2.